The van der Waals surface area contributed by atoms with E-state index in [1.807, 2.05) is 12.1 Å². The molecule has 2 aromatic carbocycles. The molecular formula is C19H22NO4. The molecule has 1 heterocycles. The van der Waals surface area contributed by atoms with Gasteiger partial charge in [0.2, 0.25) is 0 Å². The molecule has 5 heteroatoms. The van der Waals surface area contributed by atoms with Gasteiger partial charge in [-0.05, 0) is 35.7 Å². The fraction of sp³-hybridized carbons (Fsp3) is 0.368. The highest BCUT2D eigenvalue weighted by atomic mass is 16.5. The standard InChI is InChI=1S/C19H22NO4/c1-21-15-5-6-16(17(11-15)22-2)20-8-7-13-9-18(23-3)19(24-4)10-14(13)12-20/h6,9-11H,7-8,12H2,1-4H3. The highest BCUT2D eigenvalue weighted by Gasteiger charge is 2.22. The Morgan fingerprint density at radius 1 is 0.833 bits per heavy atom. The van der Waals surface area contributed by atoms with Gasteiger partial charge in [-0.25, -0.2) is 0 Å². The van der Waals surface area contributed by atoms with E-state index in [0.29, 0.717) is 5.75 Å². The number of anilines is 1. The molecule has 0 fully saturated rings. The summed E-state index contributed by atoms with van der Waals surface area (Å²) in [6.45, 7) is 1.69. The van der Waals surface area contributed by atoms with Crippen LogP contribution in [0.3, 0.4) is 0 Å². The predicted molar refractivity (Wildman–Crippen MR) is 92.7 cm³/mol. The molecule has 1 aliphatic heterocycles. The number of fused-ring (bicyclic) bond motifs is 1. The maximum Gasteiger partial charge on any atom is 0.161 e. The second-order valence-electron chi connectivity index (χ2n) is 5.60. The summed E-state index contributed by atoms with van der Waals surface area (Å²) in [6, 6.07) is 11.0. The summed E-state index contributed by atoms with van der Waals surface area (Å²) in [6.07, 6.45) is 0.935. The molecule has 2 aromatic rings. The van der Waals surface area contributed by atoms with Crippen molar-refractivity contribution in [1.29, 1.82) is 0 Å². The average Bonchev–Trinajstić information content (AvgIpc) is 2.65. The molecule has 0 unspecified atom stereocenters. The van der Waals surface area contributed by atoms with Crippen LogP contribution >= 0.6 is 0 Å². The largest absolute Gasteiger partial charge is 0.496 e. The molecule has 5 nitrogen and oxygen atoms in total. The van der Waals surface area contributed by atoms with Crippen LogP contribution in [0.25, 0.3) is 0 Å². The first-order valence-corrected chi connectivity index (χ1v) is 7.82. The van der Waals surface area contributed by atoms with Crippen molar-refractivity contribution in [3.8, 4) is 23.0 Å². The monoisotopic (exact) mass is 328 g/mol. The smallest absolute Gasteiger partial charge is 0.161 e. The van der Waals surface area contributed by atoms with Crippen LogP contribution in [0.5, 0.6) is 23.0 Å². The number of benzene rings is 2. The molecular weight excluding hydrogens is 306 g/mol. The molecule has 0 aromatic heterocycles. The zero-order valence-electron chi connectivity index (χ0n) is 14.5. The van der Waals surface area contributed by atoms with Crippen LogP contribution in [0.15, 0.2) is 24.3 Å². The third-order valence-corrected chi connectivity index (χ3v) is 4.36. The molecule has 0 spiro atoms. The number of ether oxygens (including phenoxy) is 4. The summed E-state index contributed by atoms with van der Waals surface area (Å²) >= 11 is 0. The van der Waals surface area contributed by atoms with E-state index in [4.69, 9.17) is 18.9 Å². The van der Waals surface area contributed by atoms with Gasteiger partial charge in [0.1, 0.15) is 11.5 Å². The fourth-order valence-electron chi connectivity index (χ4n) is 3.06. The predicted octanol–water partition coefficient (Wildman–Crippen LogP) is 3.08. The zero-order chi connectivity index (χ0) is 17.1. The summed E-state index contributed by atoms with van der Waals surface area (Å²) < 4.78 is 21.6. The lowest BCUT2D eigenvalue weighted by molar-refractivity contribution is 0.353. The van der Waals surface area contributed by atoms with E-state index in [0.717, 1.165) is 42.4 Å². The van der Waals surface area contributed by atoms with Gasteiger partial charge in [0, 0.05) is 25.2 Å². The number of methoxy groups -OCH3 is 4. The Kier molecular flexibility index (Phi) is 4.69. The van der Waals surface area contributed by atoms with Crippen molar-refractivity contribution < 1.29 is 18.9 Å². The first kappa shape index (κ1) is 16.3. The number of hydrogen-bond acceptors (Lipinski definition) is 5. The summed E-state index contributed by atoms with van der Waals surface area (Å²) in [5.41, 5.74) is 3.54. The van der Waals surface area contributed by atoms with Gasteiger partial charge in [0.05, 0.1) is 34.1 Å². The normalized spacial score (nSPS) is 13.2. The molecule has 0 amide bonds. The SMILES string of the molecule is COc1[c]cc(N2CCc3cc(OC)c(OC)cc3C2)c(OC)c1. The second-order valence-corrected chi connectivity index (χ2v) is 5.60. The van der Waals surface area contributed by atoms with Gasteiger partial charge in [-0.15, -0.1) is 0 Å². The van der Waals surface area contributed by atoms with E-state index in [1.54, 1.807) is 28.4 Å². The molecule has 0 atom stereocenters. The first-order valence-electron chi connectivity index (χ1n) is 7.82. The highest BCUT2D eigenvalue weighted by molar-refractivity contribution is 5.62. The Hall–Kier alpha value is -2.56. The van der Waals surface area contributed by atoms with E-state index in [1.165, 1.54) is 11.1 Å². The van der Waals surface area contributed by atoms with Crippen molar-refractivity contribution in [3.05, 3.63) is 41.5 Å². The average molecular weight is 328 g/mol. The molecule has 0 bridgehead atoms. The highest BCUT2D eigenvalue weighted by Crippen LogP contribution is 2.37. The third kappa shape index (κ3) is 2.94. The van der Waals surface area contributed by atoms with E-state index >= 15 is 0 Å². The van der Waals surface area contributed by atoms with Crippen LogP contribution in [0, 0.1) is 6.07 Å². The Bertz CT molecular complexity index is 730. The van der Waals surface area contributed by atoms with Gasteiger partial charge >= 0.3 is 0 Å². The maximum absolute atomic E-state index is 5.52. The zero-order valence-corrected chi connectivity index (χ0v) is 14.5. The van der Waals surface area contributed by atoms with Crippen molar-refractivity contribution in [3.63, 3.8) is 0 Å². The molecule has 3 rings (SSSR count). The van der Waals surface area contributed by atoms with Gasteiger partial charge in [0.25, 0.3) is 0 Å². The summed E-state index contributed by atoms with van der Waals surface area (Å²) in [5.74, 6) is 2.99. The minimum absolute atomic E-state index is 0.666. The number of hydrogen-bond donors (Lipinski definition) is 0. The van der Waals surface area contributed by atoms with E-state index in [2.05, 4.69) is 23.1 Å². The summed E-state index contributed by atoms with van der Waals surface area (Å²) in [7, 11) is 6.62. The van der Waals surface area contributed by atoms with Crippen LogP contribution in [0.4, 0.5) is 5.69 Å². The molecule has 0 aliphatic carbocycles. The van der Waals surface area contributed by atoms with E-state index in [9.17, 15) is 0 Å². The van der Waals surface area contributed by atoms with Crippen molar-refractivity contribution >= 4 is 5.69 Å². The Morgan fingerprint density at radius 2 is 1.50 bits per heavy atom. The topological polar surface area (TPSA) is 40.2 Å². The third-order valence-electron chi connectivity index (χ3n) is 4.36. The lowest BCUT2D eigenvalue weighted by Crippen LogP contribution is -2.30. The number of nitrogens with zero attached hydrogens (tertiary/aromatic N) is 1. The van der Waals surface area contributed by atoms with Gasteiger partial charge in [0.15, 0.2) is 11.5 Å². The van der Waals surface area contributed by atoms with Crippen molar-refractivity contribution in [2.24, 2.45) is 0 Å². The molecule has 24 heavy (non-hydrogen) atoms. The molecule has 0 saturated heterocycles. The van der Waals surface area contributed by atoms with Crippen LogP contribution < -0.4 is 23.8 Å². The van der Waals surface area contributed by atoms with Crippen molar-refractivity contribution in [1.82, 2.24) is 0 Å². The van der Waals surface area contributed by atoms with Crippen molar-refractivity contribution in [2.75, 3.05) is 39.9 Å². The Balaban J connectivity index is 1.92. The molecule has 0 N–H and O–H groups in total. The molecule has 0 saturated carbocycles. The molecule has 1 aliphatic rings. The van der Waals surface area contributed by atoms with Crippen molar-refractivity contribution in [2.45, 2.75) is 13.0 Å². The first-order chi connectivity index (χ1) is 11.7. The van der Waals surface area contributed by atoms with Crippen LogP contribution in [-0.2, 0) is 13.0 Å². The van der Waals surface area contributed by atoms with Gasteiger partial charge in [-0.3, -0.25) is 0 Å². The Morgan fingerprint density at radius 3 is 2.12 bits per heavy atom. The second kappa shape index (κ2) is 6.91. The Labute approximate surface area is 142 Å². The lowest BCUT2D eigenvalue weighted by atomic mass is 9.98. The quantitative estimate of drug-likeness (QED) is 0.843. The fourth-order valence-corrected chi connectivity index (χ4v) is 3.06. The van der Waals surface area contributed by atoms with E-state index in [-0.39, 0.29) is 0 Å². The summed E-state index contributed by atoms with van der Waals surface area (Å²) in [5, 5.41) is 0. The molecule has 127 valence electrons. The van der Waals surface area contributed by atoms with Crippen LogP contribution in [0.2, 0.25) is 0 Å². The van der Waals surface area contributed by atoms with E-state index < -0.39 is 0 Å². The van der Waals surface area contributed by atoms with Gasteiger partial charge < -0.3 is 23.8 Å². The summed E-state index contributed by atoms with van der Waals surface area (Å²) in [4.78, 5) is 2.28. The van der Waals surface area contributed by atoms with Gasteiger partial charge in [-0.2, -0.15) is 0 Å². The number of rotatable bonds is 5. The lowest BCUT2D eigenvalue weighted by Gasteiger charge is -2.32. The maximum atomic E-state index is 5.52. The van der Waals surface area contributed by atoms with Crippen LogP contribution in [-0.4, -0.2) is 35.0 Å². The van der Waals surface area contributed by atoms with Gasteiger partial charge in [-0.1, -0.05) is 0 Å². The molecule has 1 radical (unpaired) electrons. The van der Waals surface area contributed by atoms with Crippen LogP contribution in [0.1, 0.15) is 11.1 Å². The minimum Gasteiger partial charge on any atom is -0.496 e. The minimum atomic E-state index is 0.666.